The molecule has 1 unspecified atom stereocenters. The predicted octanol–water partition coefficient (Wildman–Crippen LogP) is 6.26. The Labute approximate surface area is 274 Å². The Balaban J connectivity index is 1.29. The van der Waals surface area contributed by atoms with Crippen LogP contribution in [0.25, 0.3) is 11.1 Å². The number of carbonyl (C=O) groups is 1. The number of amides is 1. The highest BCUT2D eigenvalue weighted by Gasteiger charge is 2.46. The van der Waals surface area contributed by atoms with Crippen molar-refractivity contribution in [3.05, 3.63) is 78.4 Å². The summed E-state index contributed by atoms with van der Waals surface area (Å²) in [6.07, 6.45) is 10.9. The molecule has 1 fully saturated rings. The minimum Gasteiger partial charge on any atom is -0.354 e. The fourth-order valence-electron chi connectivity index (χ4n) is 5.96. The minimum absolute atomic E-state index is 0.0126. The van der Waals surface area contributed by atoms with Crippen molar-refractivity contribution < 1.29 is 13.6 Å². The molecule has 2 atom stereocenters. The number of nitriles is 1. The normalized spacial score (nSPS) is 16.1. The molecule has 12 heteroatoms. The van der Waals surface area contributed by atoms with E-state index in [-0.39, 0.29) is 35.8 Å². The van der Waals surface area contributed by atoms with Gasteiger partial charge in [-0.25, -0.2) is 18.7 Å². The molecule has 0 radical (unpaired) electrons. The number of halogens is 2. The van der Waals surface area contributed by atoms with Crippen molar-refractivity contribution in [3.63, 3.8) is 0 Å². The average Bonchev–Trinajstić information content (AvgIpc) is 3.63. The summed E-state index contributed by atoms with van der Waals surface area (Å²) < 4.78 is 30.2. The molecule has 3 aromatic heterocycles. The Morgan fingerprint density at radius 1 is 1.13 bits per heavy atom. The third kappa shape index (κ3) is 8.27. The van der Waals surface area contributed by atoms with Crippen LogP contribution in [0.5, 0.6) is 0 Å². The highest BCUT2D eigenvalue weighted by atomic mass is 19.3. The number of nitrogens with one attached hydrogen (secondary N) is 1. The lowest BCUT2D eigenvalue weighted by Crippen LogP contribution is -2.41. The molecular formula is C35H41F2N9O. The van der Waals surface area contributed by atoms with Crippen LogP contribution in [-0.4, -0.2) is 62.2 Å². The molecule has 10 nitrogen and oxygen atoms in total. The second kappa shape index (κ2) is 15.1. The van der Waals surface area contributed by atoms with Crippen LogP contribution in [0.2, 0.25) is 0 Å². The molecule has 1 amide bonds. The summed E-state index contributed by atoms with van der Waals surface area (Å²) in [6, 6.07) is 15.8. The van der Waals surface area contributed by atoms with Crippen LogP contribution in [0.3, 0.4) is 0 Å². The smallest absolute Gasteiger partial charge is 0.269 e. The lowest BCUT2D eigenvalue weighted by molar-refractivity contribution is -0.119. The predicted molar refractivity (Wildman–Crippen MR) is 178 cm³/mol. The maximum absolute atomic E-state index is 14.3. The van der Waals surface area contributed by atoms with E-state index in [1.165, 1.54) is 18.0 Å². The molecule has 246 valence electrons. The maximum atomic E-state index is 14.3. The summed E-state index contributed by atoms with van der Waals surface area (Å²) in [6.45, 7) is 3.73. The van der Waals surface area contributed by atoms with E-state index in [2.05, 4.69) is 27.3 Å². The van der Waals surface area contributed by atoms with Crippen molar-refractivity contribution in [1.82, 2.24) is 24.7 Å². The summed E-state index contributed by atoms with van der Waals surface area (Å²) >= 11 is 0. The molecule has 0 saturated carbocycles. The fourth-order valence-corrected chi connectivity index (χ4v) is 5.96. The average molecular weight is 642 g/mol. The summed E-state index contributed by atoms with van der Waals surface area (Å²) in [7, 11) is 1.87. The van der Waals surface area contributed by atoms with E-state index >= 15 is 0 Å². The van der Waals surface area contributed by atoms with E-state index in [9.17, 15) is 18.8 Å². The van der Waals surface area contributed by atoms with Gasteiger partial charge in [0.15, 0.2) is 5.82 Å². The van der Waals surface area contributed by atoms with E-state index in [0.29, 0.717) is 38.0 Å². The van der Waals surface area contributed by atoms with Gasteiger partial charge in [-0.3, -0.25) is 14.4 Å². The van der Waals surface area contributed by atoms with Crippen LogP contribution in [0, 0.1) is 17.2 Å². The molecule has 0 aliphatic carbocycles. The minimum atomic E-state index is -2.85. The molecule has 1 aliphatic rings. The van der Waals surface area contributed by atoms with Crippen LogP contribution in [0.15, 0.2) is 67.3 Å². The van der Waals surface area contributed by atoms with Gasteiger partial charge in [0.2, 0.25) is 11.9 Å². The van der Waals surface area contributed by atoms with Crippen molar-refractivity contribution in [1.29, 1.82) is 5.26 Å². The second-order valence-electron chi connectivity index (χ2n) is 12.2. The Morgan fingerprint density at radius 3 is 2.57 bits per heavy atom. The molecule has 1 saturated heterocycles. The molecule has 4 aromatic rings. The first-order valence-electron chi connectivity index (χ1n) is 16.1. The maximum Gasteiger partial charge on any atom is 0.269 e. The van der Waals surface area contributed by atoms with Gasteiger partial charge in [-0.1, -0.05) is 50.6 Å². The molecule has 5 rings (SSSR count). The molecule has 1 aromatic carbocycles. The number of hydrogen-bond acceptors (Lipinski definition) is 8. The van der Waals surface area contributed by atoms with Gasteiger partial charge in [0.05, 0.1) is 18.9 Å². The first-order chi connectivity index (χ1) is 22.7. The number of rotatable bonds is 14. The quantitative estimate of drug-likeness (QED) is 0.160. The topological polar surface area (TPSA) is 116 Å². The molecule has 0 bridgehead atoms. The monoisotopic (exact) mass is 641 g/mol. The standard InChI is InChI=1S/C35H41F2N9O/c1-4-9-30(12-8-17-39-34-41-20-28(18-38)33(43-34)45-22-25(2)35(36,37)24-45)46(32(47)16-13-26-10-6-5-7-11-26)31-15-14-27(19-40-31)29-21-42-44(3)23-29/h5-7,10-11,14-15,19-21,23,25,30H,4,8-9,12-13,16-17,22,24H2,1-3H3,(H,39,41,43)/t25?,30-/m0/s1. The summed E-state index contributed by atoms with van der Waals surface area (Å²) in [5.41, 5.74) is 3.13. The first-order valence-corrected chi connectivity index (χ1v) is 16.1. The largest absolute Gasteiger partial charge is 0.354 e. The molecule has 1 N–H and O–H groups in total. The SMILES string of the molecule is CCC[C@@H](CCCNc1ncc(C#N)c(N2CC(C)C(F)(F)C2)n1)N(C(=O)CCc1ccccc1)c1ccc(-c2cnn(C)c2)cn1. The molecule has 0 spiro atoms. The van der Waals surface area contributed by atoms with Gasteiger partial charge in [0, 0.05) is 62.0 Å². The second-order valence-corrected chi connectivity index (χ2v) is 12.2. The zero-order chi connectivity index (χ0) is 33.4. The van der Waals surface area contributed by atoms with E-state index in [0.717, 1.165) is 29.5 Å². The number of hydrogen-bond donors (Lipinski definition) is 1. The summed E-state index contributed by atoms with van der Waals surface area (Å²) in [5.74, 6) is -2.57. The van der Waals surface area contributed by atoms with E-state index < -0.39 is 18.4 Å². The van der Waals surface area contributed by atoms with Gasteiger partial charge in [-0.15, -0.1) is 0 Å². The van der Waals surface area contributed by atoms with Crippen LogP contribution in [-0.2, 0) is 18.3 Å². The highest BCUT2D eigenvalue weighted by molar-refractivity contribution is 5.93. The van der Waals surface area contributed by atoms with E-state index in [1.54, 1.807) is 17.1 Å². The Hall–Kier alpha value is -4.92. The number of anilines is 3. The zero-order valence-corrected chi connectivity index (χ0v) is 27.1. The van der Waals surface area contributed by atoms with Crippen molar-refractivity contribution in [2.24, 2.45) is 13.0 Å². The number of alkyl halides is 2. The number of carbonyl (C=O) groups excluding carboxylic acids is 1. The number of aryl methyl sites for hydroxylation is 2. The molecule has 47 heavy (non-hydrogen) atoms. The molecular weight excluding hydrogens is 600 g/mol. The van der Waals surface area contributed by atoms with Crippen LogP contribution < -0.4 is 15.1 Å². The van der Waals surface area contributed by atoms with Crippen LogP contribution in [0.4, 0.5) is 26.4 Å². The van der Waals surface area contributed by atoms with Crippen molar-refractivity contribution in [3.8, 4) is 17.2 Å². The third-order valence-electron chi connectivity index (χ3n) is 8.56. The lowest BCUT2D eigenvalue weighted by atomic mass is 10.0. The number of aromatic nitrogens is 5. The Morgan fingerprint density at radius 2 is 1.94 bits per heavy atom. The van der Waals surface area contributed by atoms with Crippen LogP contribution in [0.1, 0.15) is 57.1 Å². The molecule has 1 aliphatic heterocycles. The zero-order valence-electron chi connectivity index (χ0n) is 27.1. The third-order valence-corrected chi connectivity index (χ3v) is 8.56. The van der Waals surface area contributed by atoms with Crippen LogP contribution >= 0.6 is 0 Å². The van der Waals surface area contributed by atoms with Crippen molar-refractivity contribution >= 4 is 23.5 Å². The van der Waals surface area contributed by atoms with Gasteiger partial charge in [0.1, 0.15) is 17.5 Å². The highest BCUT2D eigenvalue weighted by Crippen LogP contribution is 2.36. The Bertz CT molecular complexity index is 1670. The van der Waals surface area contributed by atoms with Gasteiger partial charge in [-0.05, 0) is 43.4 Å². The van der Waals surface area contributed by atoms with Crippen molar-refractivity contribution in [2.75, 3.05) is 34.8 Å². The van der Waals surface area contributed by atoms with Crippen molar-refractivity contribution in [2.45, 2.75) is 64.3 Å². The van der Waals surface area contributed by atoms with E-state index in [1.807, 2.05) is 66.7 Å². The number of nitrogens with zero attached hydrogens (tertiary/aromatic N) is 8. The van der Waals surface area contributed by atoms with E-state index in [4.69, 9.17) is 4.98 Å². The summed E-state index contributed by atoms with van der Waals surface area (Å²) in [5, 5.41) is 17.0. The number of benzene rings is 1. The van der Waals surface area contributed by atoms with Gasteiger partial charge in [0.25, 0.3) is 5.92 Å². The van der Waals surface area contributed by atoms with Gasteiger partial charge in [-0.2, -0.15) is 15.3 Å². The fraction of sp³-hybridized carbons (Fsp3) is 0.429. The lowest BCUT2D eigenvalue weighted by Gasteiger charge is -2.31. The number of pyridine rings is 1. The Kier molecular flexibility index (Phi) is 10.8. The summed E-state index contributed by atoms with van der Waals surface area (Å²) in [4.78, 5) is 30.6. The van der Waals surface area contributed by atoms with Gasteiger partial charge >= 0.3 is 0 Å². The first kappa shape index (κ1) is 33.4. The molecule has 4 heterocycles. The van der Waals surface area contributed by atoms with Gasteiger partial charge < -0.3 is 10.2 Å².